The van der Waals surface area contributed by atoms with E-state index in [1.807, 2.05) is 6.92 Å². The summed E-state index contributed by atoms with van der Waals surface area (Å²) in [6, 6.07) is 0.290. The van der Waals surface area contributed by atoms with Gasteiger partial charge >= 0.3 is 12.2 Å². The molecule has 1 atom stereocenters. The zero-order chi connectivity index (χ0) is 17.0. The molecule has 1 aliphatic rings. The lowest BCUT2D eigenvalue weighted by Gasteiger charge is -2.26. The second kappa shape index (κ2) is 7.03. The highest BCUT2D eigenvalue weighted by molar-refractivity contribution is 5.91. The molecular weight excluding hydrogens is 315 g/mol. The predicted molar refractivity (Wildman–Crippen MR) is 76.4 cm³/mol. The molecule has 2 amide bonds. The van der Waals surface area contributed by atoms with E-state index in [0.29, 0.717) is 26.2 Å². The third-order valence-electron chi connectivity index (χ3n) is 3.57. The minimum absolute atomic E-state index is 0.0362. The molecule has 23 heavy (non-hydrogen) atoms. The van der Waals surface area contributed by atoms with E-state index in [0.717, 1.165) is 12.3 Å². The van der Waals surface area contributed by atoms with Crippen LogP contribution in [0.25, 0.3) is 0 Å². The van der Waals surface area contributed by atoms with E-state index in [9.17, 15) is 18.0 Å². The van der Waals surface area contributed by atoms with E-state index in [-0.39, 0.29) is 17.5 Å². The van der Waals surface area contributed by atoms with Crippen molar-refractivity contribution in [2.75, 3.05) is 32.2 Å². The van der Waals surface area contributed by atoms with Crippen molar-refractivity contribution in [3.05, 3.63) is 18.0 Å². The summed E-state index contributed by atoms with van der Waals surface area (Å²) in [6.45, 7) is 3.27. The zero-order valence-electron chi connectivity index (χ0n) is 12.8. The number of rotatable bonds is 2. The number of hydrogen-bond acceptors (Lipinski definition) is 4. The molecule has 1 saturated heterocycles. The van der Waals surface area contributed by atoms with E-state index in [2.05, 4.69) is 10.3 Å². The van der Waals surface area contributed by atoms with E-state index in [1.54, 1.807) is 4.90 Å². The molecule has 2 rings (SSSR count). The monoisotopic (exact) mass is 333 g/mol. The van der Waals surface area contributed by atoms with Gasteiger partial charge in [0.05, 0.1) is 19.9 Å². The van der Waals surface area contributed by atoms with E-state index >= 15 is 0 Å². The number of amides is 2. The van der Waals surface area contributed by atoms with Crippen molar-refractivity contribution < 1.29 is 27.4 Å². The molecule has 6 nitrogen and oxygen atoms in total. The summed E-state index contributed by atoms with van der Waals surface area (Å²) >= 11 is 0. The summed E-state index contributed by atoms with van der Waals surface area (Å²) in [5.74, 6) is -0.0978. The van der Waals surface area contributed by atoms with Gasteiger partial charge in [-0.25, -0.2) is 9.78 Å². The minimum atomic E-state index is -4.58. The first-order valence-electron chi connectivity index (χ1n) is 7.09. The van der Waals surface area contributed by atoms with Gasteiger partial charge in [0.1, 0.15) is 17.1 Å². The maximum atomic E-state index is 12.7. The summed E-state index contributed by atoms with van der Waals surface area (Å²) < 4.78 is 48.2. The molecule has 1 aromatic heterocycles. The standard InChI is InChI=1S/C14H18F3N3O3/c1-9-3-5-23-6-4-20(9)13(21)19-10-8-18-12(14(15,16)17)7-11(10)22-2/h7-9H,3-6H2,1-2H3,(H,19,21). The Bertz CT molecular complexity index is 566. The van der Waals surface area contributed by atoms with Gasteiger partial charge < -0.3 is 19.7 Å². The van der Waals surface area contributed by atoms with Crippen LogP contribution < -0.4 is 10.1 Å². The Kier molecular flexibility index (Phi) is 5.30. The summed E-state index contributed by atoms with van der Waals surface area (Å²) in [6.07, 6.45) is -2.94. The van der Waals surface area contributed by atoms with Gasteiger partial charge in [-0.15, -0.1) is 0 Å². The average molecular weight is 333 g/mol. The Hall–Kier alpha value is -2.03. The fraction of sp³-hybridized carbons (Fsp3) is 0.571. The van der Waals surface area contributed by atoms with Crippen molar-refractivity contribution in [1.29, 1.82) is 0 Å². The topological polar surface area (TPSA) is 63.7 Å². The molecule has 2 heterocycles. The molecule has 1 fully saturated rings. The maximum absolute atomic E-state index is 12.7. The summed E-state index contributed by atoms with van der Waals surface area (Å²) in [4.78, 5) is 17.2. The normalized spacial score (nSPS) is 19.2. The highest BCUT2D eigenvalue weighted by Crippen LogP contribution is 2.33. The van der Waals surface area contributed by atoms with Crippen LogP contribution >= 0.6 is 0 Å². The van der Waals surface area contributed by atoms with Gasteiger partial charge in [-0.3, -0.25) is 0 Å². The number of carbonyl (C=O) groups excluding carboxylic acids is 1. The van der Waals surface area contributed by atoms with Gasteiger partial charge in [0.25, 0.3) is 0 Å². The van der Waals surface area contributed by atoms with Gasteiger partial charge in [-0.05, 0) is 13.3 Å². The Labute approximate surface area is 131 Å². The van der Waals surface area contributed by atoms with Crippen LogP contribution in [0.2, 0.25) is 0 Å². The summed E-state index contributed by atoms with van der Waals surface area (Å²) in [5, 5.41) is 2.54. The number of nitrogens with one attached hydrogen (secondary N) is 1. The van der Waals surface area contributed by atoms with Crippen LogP contribution in [0.3, 0.4) is 0 Å². The number of urea groups is 1. The molecule has 0 aromatic carbocycles. The highest BCUT2D eigenvalue weighted by Gasteiger charge is 2.33. The number of alkyl halides is 3. The zero-order valence-corrected chi connectivity index (χ0v) is 12.8. The maximum Gasteiger partial charge on any atom is 0.433 e. The molecule has 1 unspecified atom stereocenters. The molecule has 1 aliphatic heterocycles. The smallest absolute Gasteiger partial charge is 0.433 e. The number of halogens is 3. The lowest BCUT2D eigenvalue weighted by atomic mass is 10.2. The molecule has 9 heteroatoms. The molecule has 0 aliphatic carbocycles. The number of methoxy groups -OCH3 is 1. The van der Waals surface area contributed by atoms with Crippen LogP contribution in [0.1, 0.15) is 19.0 Å². The highest BCUT2D eigenvalue weighted by atomic mass is 19.4. The van der Waals surface area contributed by atoms with Gasteiger partial charge in [-0.2, -0.15) is 13.2 Å². The van der Waals surface area contributed by atoms with Crippen molar-refractivity contribution in [2.45, 2.75) is 25.6 Å². The predicted octanol–water partition coefficient (Wildman–Crippen LogP) is 2.75. The molecule has 1 N–H and O–H groups in total. The van der Waals surface area contributed by atoms with Crippen molar-refractivity contribution in [3.8, 4) is 5.75 Å². The van der Waals surface area contributed by atoms with Crippen LogP contribution in [-0.4, -0.2) is 48.8 Å². The van der Waals surface area contributed by atoms with E-state index < -0.39 is 17.9 Å². The second-order valence-corrected chi connectivity index (χ2v) is 5.14. The number of pyridine rings is 1. The number of nitrogens with zero attached hydrogens (tertiary/aromatic N) is 2. The van der Waals surface area contributed by atoms with Crippen LogP contribution in [0.15, 0.2) is 12.3 Å². The molecule has 128 valence electrons. The fourth-order valence-electron chi connectivity index (χ4n) is 2.24. The minimum Gasteiger partial charge on any atom is -0.494 e. The number of anilines is 1. The van der Waals surface area contributed by atoms with Gasteiger partial charge in [0.2, 0.25) is 0 Å². The Morgan fingerprint density at radius 3 is 2.87 bits per heavy atom. The fourth-order valence-corrected chi connectivity index (χ4v) is 2.24. The van der Waals surface area contributed by atoms with Crippen molar-refractivity contribution in [3.63, 3.8) is 0 Å². The van der Waals surface area contributed by atoms with E-state index in [1.165, 1.54) is 7.11 Å². The van der Waals surface area contributed by atoms with Crippen LogP contribution in [0.4, 0.5) is 23.7 Å². The largest absolute Gasteiger partial charge is 0.494 e. The first kappa shape index (κ1) is 17.3. The Balaban J connectivity index is 2.17. The third kappa shape index (κ3) is 4.25. The molecule has 0 saturated carbocycles. The lowest BCUT2D eigenvalue weighted by Crippen LogP contribution is -2.42. The van der Waals surface area contributed by atoms with Gasteiger partial charge in [-0.1, -0.05) is 0 Å². The molecule has 0 spiro atoms. The third-order valence-corrected chi connectivity index (χ3v) is 3.57. The van der Waals surface area contributed by atoms with Crippen molar-refractivity contribution in [2.24, 2.45) is 0 Å². The Morgan fingerprint density at radius 1 is 1.48 bits per heavy atom. The SMILES string of the molecule is COc1cc(C(F)(F)F)ncc1NC(=O)N1CCOCCC1C. The molecular formula is C14H18F3N3O3. The number of ether oxygens (including phenoxy) is 2. The number of hydrogen-bond donors (Lipinski definition) is 1. The van der Waals surface area contributed by atoms with E-state index in [4.69, 9.17) is 9.47 Å². The van der Waals surface area contributed by atoms with Crippen LogP contribution in [0, 0.1) is 0 Å². The van der Waals surface area contributed by atoms with Crippen LogP contribution in [-0.2, 0) is 10.9 Å². The summed E-state index contributed by atoms with van der Waals surface area (Å²) in [7, 11) is 1.23. The first-order valence-corrected chi connectivity index (χ1v) is 7.09. The van der Waals surface area contributed by atoms with Gasteiger partial charge in [0.15, 0.2) is 0 Å². The average Bonchev–Trinajstić information content (AvgIpc) is 2.71. The van der Waals surface area contributed by atoms with Crippen molar-refractivity contribution in [1.82, 2.24) is 9.88 Å². The van der Waals surface area contributed by atoms with Gasteiger partial charge in [0, 0.05) is 25.3 Å². The summed E-state index contributed by atoms with van der Waals surface area (Å²) in [5.41, 5.74) is -0.994. The molecule has 0 radical (unpaired) electrons. The van der Waals surface area contributed by atoms with Crippen molar-refractivity contribution >= 4 is 11.7 Å². The number of aromatic nitrogens is 1. The molecule has 1 aromatic rings. The first-order chi connectivity index (χ1) is 10.8. The van der Waals surface area contributed by atoms with Crippen LogP contribution in [0.5, 0.6) is 5.75 Å². The second-order valence-electron chi connectivity index (χ2n) is 5.14. The quantitative estimate of drug-likeness (QED) is 0.904. The number of carbonyl (C=O) groups is 1. The Morgan fingerprint density at radius 2 is 2.22 bits per heavy atom. The molecule has 0 bridgehead atoms. The lowest BCUT2D eigenvalue weighted by molar-refractivity contribution is -0.141.